The van der Waals surface area contributed by atoms with Gasteiger partial charge in [-0.25, -0.2) is 0 Å². The summed E-state index contributed by atoms with van der Waals surface area (Å²) in [7, 11) is 2.08. The van der Waals surface area contributed by atoms with E-state index in [9.17, 15) is 4.79 Å². The molecule has 2 aliphatic heterocycles. The van der Waals surface area contributed by atoms with Crippen molar-refractivity contribution in [1.82, 2.24) is 15.5 Å². The lowest BCUT2D eigenvalue weighted by Gasteiger charge is -2.38. The van der Waals surface area contributed by atoms with Gasteiger partial charge in [0.1, 0.15) is 0 Å². The van der Waals surface area contributed by atoms with Crippen LogP contribution in [0, 0.1) is 5.92 Å². The van der Waals surface area contributed by atoms with E-state index in [1.807, 2.05) is 0 Å². The van der Waals surface area contributed by atoms with Crippen molar-refractivity contribution in [2.75, 3.05) is 20.1 Å². The van der Waals surface area contributed by atoms with E-state index in [1.165, 1.54) is 25.7 Å². The highest BCUT2D eigenvalue weighted by Crippen LogP contribution is 2.35. The Hall–Kier alpha value is -0.610. The van der Waals surface area contributed by atoms with E-state index >= 15 is 0 Å². The van der Waals surface area contributed by atoms with E-state index < -0.39 is 0 Å². The van der Waals surface area contributed by atoms with Crippen molar-refractivity contribution >= 4 is 5.91 Å². The van der Waals surface area contributed by atoms with E-state index in [0.717, 1.165) is 38.0 Å². The van der Waals surface area contributed by atoms with Gasteiger partial charge in [0.25, 0.3) is 0 Å². The molecule has 1 aliphatic carbocycles. The van der Waals surface area contributed by atoms with Crippen molar-refractivity contribution in [3.8, 4) is 0 Å². The maximum atomic E-state index is 11.6. The van der Waals surface area contributed by atoms with E-state index in [2.05, 4.69) is 22.6 Å². The van der Waals surface area contributed by atoms with Crippen molar-refractivity contribution in [2.24, 2.45) is 5.92 Å². The quantitative estimate of drug-likeness (QED) is 0.757. The first-order chi connectivity index (χ1) is 8.78. The molecule has 2 heterocycles. The molecule has 102 valence electrons. The number of carbonyl (C=O) groups is 1. The first-order valence-electron chi connectivity index (χ1n) is 7.48. The summed E-state index contributed by atoms with van der Waals surface area (Å²) in [4.78, 5) is 14.2. The van der Waals surface area contributed by atoms with Crippen LogP contribution in [-0.2, 0) is 4.79 Å². The molecule has 2 unspecified atom stereocenters. The van der Waals surface area contributed by atoms with E-state index in [1.54, 1.807) is 0 Å². The minimum Gasteiger partial charge on any atom is -0.355 e. The maximum absolute atomic E-state index is 11.6. The second-order valence-electron chi connectivity index (χ2n) is 6.15. The number of carbonyl (C=O) groups excluding carboxylic acids is 1. The number of hydrogen-bond acceptors (Lipinski definition) is 3. The topological polar surface area (TPSA) is 44.4 Å². The van der Waals surface area contributed by atoms with Crippen molar-refractivity contribution in [3.63, 3.8) is 0 Å². The molecule has 4 heteroatoms. The molecule has 3 rings (SSSR count). The predicted octanol–water partition coefficient (Wildman–Crippen LogP) is 0.727. The first-order valence-corrected chi connectivity index (χ1v) is 7.48. The molecule has 2 saturated heterocycles. The van der Waals surface area contributed by atoms with Gasteiger partial charge in [-0.3, -0.25) is 9.69 Å². The molecule has 0 aromatic carbocycles. The summed E-state index contributed by atoms with van der Waals surface area (Å²) in [5, 5.41) is 6.52. The molecular weight excluding hydrogens is 226 g/mol. The minimum atomic E-state index is 0.285. The zero-order valence-corrected chi connectivity index (χ0v) is 11.3. The number of nitrogens with zero attached hydrogens (tertiary/aromatic N) is 1. The first kappa shape index (κ1) is 12.4. The van der Waals surface area contributed by atoms with E-state index in [4.69, 9.17) is 0 Å². The van der Waals surface area contributed by atoms with Gasteiger partial charge in [-0.2, -0.15) is 0 Å². The third-order valence-electron chi connectivity index (χ3n) is 4.91. The number of piperidine rings is 1. The molecule has 0 radical (unpaired) electrons. The summed E-state index contributed by atoms with van der Waals surface area (Å²) in [5.74, 6) is 0.629. The van der Waals surface area contributed by atoms with Gasteiger partial charge in [0, 0.05) is 37.1 Å². The van der Waals surface area contributed by atoms with Crippen molar-refractivity contribution in [2.45, 2.75) is 56.7 Å². The van der Waals surface area contributed by atoms with E-state index in [-0.39, 0.29) is 5.91 Å². The highest BCUT2D eigenvalue weighted by molar-refractivity contribution is 5.80. The molecule has 0 spiro atoms. The van der Waals surface area contributed by atoms with Crippen LogP contribution < -0.4 is 10.6 Å². The zero-order chi connectivity index (χ0) is 12.5. The number of nitrogens with one attached hydrogen (secondary N) is 2. The number of rotatable bonds is 5. The molecule has 3 fully saturated rings. The molecule has 1 amide bonds. The summed E-state index contributed by atoms with van der Waals surface area (Å²) >= 11 is 0. The molecule has 4 nitrogen and oxygen atoms in total. The normalized spacial score (nSPS) is 35.7. The molecule has 18 heavy (non-hydrogen) atoms. The van der Waals surface area contributed by atoms with Gasteiger partial charge in [-0.1, -0.05) is 0 Å². The fraction of sp³-hybridized carbons (Fsp3) is 0.929. The van der Waals surface area contributed by atoms with Crippen LogP contribution in [0.5, 0.6) is 0 Å². The highest BCUT2D eigenvalue weighted by Gasteiger charge is 2.39. The van der Waals surface area contributed by atoms with E-state index in [0.29, 0.717) is 12.0 Å². The molecule has 2 atom stereocenters. The molecular formula is C14H25N3O. The van der Waals surface area contributed by atoms with Crippen LogP contribution in [0.25, 0.3) is 0 Å². The number of fused-ring (bicyclic) bond motifs is 2. The number of amides is 1. The van der Waals surface area contributed by atoms with Crippen LogP contribution in [0.15, 0.2) is 0 Å². The van der Waals surface area contributed by atoms with Crippen LogP contribution in [-0.4, -0.2) is 49.1 Å². The second-order valence-corrected chi connectivity index (χ2v) is 6.15. The van der Waals surface area contributed by atoms with Crippen LogP contribution >= 0.6 is 0 Å². The Morgan fingerprint density at radius 1 is 1.17 bits per heavy atom. The van der Waals surface area contributed by atoms with Crippen LogP contribution in [0.4, 0.5) is 0 Å². The Morgan fingerprint density at radius 2 is 1.83 bits per heavy atom. The second kappa shape index (κ2) is 5.17. The van der Waals surface area contributed by atoms with Gasteiger partial charge < -0.3 is 10.6 Å². The Kier molecular flexibility index (Phi) is 3.57. The molecule has 1 saturated carbocycles. The van der Waals surface area contributed by atoms with Crippen LogP contribution in [0.2, 0.25) is 0 Å². The molecule has 2 N–H and O–H groups in total. The standard InChI is InChI=1S/C14H25N3O/c1-15-11-8-12-4-5-13(9-11)17(12)7-6-16-14(18)10-2-3-10/h10-13,15H,2-9H2,1H3,(H,16,18). The van der Waals surface area contributed by atoms with Crippen LogP contribution in [0.3, 0.4) is 0 Å². The monoisotopic (exact) mass is 251 g/mol. The third kappa shape index (κ3) is 2.54. The van der Waals surface area contributed by atoms with Gasteiger partial charge >= 0.3 is 0 Å². The van der Waals surface area contributed by atoms with Crippen molar-refractivity contribution < 1.29 is 4.79 Å². The SMILES string of the molecule is CNC1CC2CCC(C1)N2CCNC(=O)C1CC1. The minimum absolute atomic E-state index is 0.285. The molecule has 0 aromatic rings. The molecule has 2 bridgehead atoms. The highest BCUT2D eigenvalue weighted by atomic mass is 16.2. The summed E-state index contributed by atoms with van der Waals surface area (Å²) in [5.41, 5.74) is 0. The lowest BCUT2D eigenvalue weighted by molar-refractivity contribution is -0.122. The average Bonchev–Trinajstić information content (AvgIpc) is 3.18. The van der Waals surface area contributed by atoms with Gasteiger partial charge in [0.05, 0.1) is 0 Å². The smallest absolute Gasteiger partial charge is 0.223 e. The summed E-state index contributed by atoms with van der Waals surface area (Å²) < 4.78 is 0. The fourth-order valence-corrected chi connectivity index (χ4v) is 3.67. The van der Waals surface area contributed by atoms with Gasteiger partial charge in [-0.15, -0.1) is 0 Å². The van der Waals surface area contributed by atoms with Crippen molar-refractivity contribution in [3.05, 3.63) is 0 Å². The number of hydrogen-bond donors (Lipinski definition) is 2. The lowest BCUT2D eigenvalue weighted by atomic mass is 9.97. The van der Waals surface area contributed by atoms with Gasteiger partial charge in [0.2, 0.25) is 5.91 Å². The largest absolute Gasteiger partial charge is 0.355 e. The zero-order valence-electron chi connectivity index (χ0n) is 11.3. The Bertz CT molecular complexity index is 302. The predicted molar refractivity (Wildman–Crippen MR) is 71.3 cm³/mol. The molecule has 0 aromatic heterocycles. The Balaban J connectivity index is 1.44. The Labute approximate surface area is 109 Å². The summed E-state index contributed by atoms with van der Waals surface area (Å²) in [6.45, 7) is 1.89. The Morgan fingerprint density at radius 3 is 2.39 bits per heavy atom. The fourth-order valence-electron chi connectivity index (χ4n) is 3.67. The average molecular weight is 251 g/mol. The maximum Gasteiger partial charge on any atom is 0.223 e. The molecule has 3 aliphatic rings. The lowest BCUT2D eigenvalue weighted by Crippen LogP contribution is -2.50. The van der Waals surface area contributed by atoms with Gasteiger partial charge in [-0.05, 0) is 45.6 Å². The summed E-state index contributed by atoms with van der Waals surface area (Å²) in [6.07, 6.45) is 7.46. The van der Waals surface area contributed by atoms with Crippen LogP contribution in [0.1, 0.15) is 38.5 Å². The van der Waals surface area contributed by atoms with Gasteiger partial charge in [0.15, 0.2) is 0 Å². The third-order valence-corrected chi connectivity index (χ3v) is 4.91. The van der Waals surface area contributed by atoms with Crippen molar-refractivity contribution in [1.29, 1.82) is 0 Å². The summed E-state index contributed by atoms with van der Waals surface area (Å²) in [6, 6.07) is 2.21.